The molecular formula is C14H26N4OS. The van der Waals surface area contributed by atoms with E-state index in [4.69, 9.17) is 5.73 Å². The quantitative estimate of drug-likeness (QED) is 0.876. The Hall–Kier alpha value is -0.720. The van der Waals surface area contributed by atoms with Gasteiger partial charge in [-0.1, -0.05) is 6.92 Å². The van der Waals surface area contributed by atoms with E-state index >= 15 is 0 Å². The number of aliphatic hydroxyl groups excluding tert-OH is 1. The molecule has 1 saturated heterocycles. The van der Waals surface area contributed by atoms with E-state index in [0.29, 0.717) is 24.4 Å². The van der Waals surface area contributed by atoms with Gasteiger partial charge in [-0.3, -0.25) is 9.58 Å². The molecular weight excluding hydrogens is 272 g/mol. The van der Waals surface area contributed by atoms with Crippen LogP contribution in [0, 0.1) is 13.8 Å². The summed E-state index contributed by atoms with van der Waals surface area (Å²) in [5.41, 5.74) is 8.44. The van der Waals surface area contributed by atoms with Gasteiger partial charge in [0.25, 0.3) is 0 Å². The van der Waals surface area contributed by atoms with Crippen molar-refractivity contribution in [1.29, 1.82) is 0 Å². The predicted octanol–water partition coefficient (Wildman–Crippen LogP) is 1.27. The largest absolute Gasteiger partial charge is 0.396 e. The Morgan fingerprint density at radius 3 is 2.70 bits per heavy atom. The van der Waals surface area contributed by atoms with E-state index in [9.17, 15) is 5.11 Å². The molecule has 3 unspecified atom stereocenters. The van der Waals surface area contributed by atoms with Crippen LogP contribution in [0.25, 0.3) is 0 Å². The van der Waals surface area contributed by atoms with E-state index in [1.54, 1.807) is 0 Å². The van der Waals surface area contributed by atoms with Gasteiger partial charge in [0.2, 0.25) is 0 Å². The van der Waals surface area contributed by atoms with E-state index in [1.165, 1.54) is 0 Å². The molecule has 0 aliphatic carbocycles. The number of aliphatic hydroxyl groups is 1. The maximum Gasteiger partial charge on any atom is 0.0862 e. The molecule has 0 saturated carbocycles. The van der Waals surface area contributed by atoms with Crippen LogP contribution in [0.3, 0.4) is 0 Å². The maximum atomic E-state index is 10.3. The first-order valence-corrected chi connectivity index (χ1v) is 8.28. The van der Waals surface area contributed by atoms with Crippen LogP contribution in [-0.2, 0) is 6.54 Å². The molecule has 1 fully saturated rings. The normalized spacial score (nSPS) is 25.9. The van der Waals surface area contributed by atoms with E-state index in [-0.39, 0.29) is 0 Å². The van der Waals surface area contributed by atoms with Gasteiger partial charge in [0.15, 0.2) is 0 Å². The highest BCUT2D eigenvalue weighted by Gasteiger charge is 2.27. The fraction of sp³-hybridized carbons (Fsp3) is 0.786. The van der Waals surface area contributed by atoms with Gasteiger partial charge in [-0.05, 0) is 20.8 Å². The topological polar surface area (TPSA) is 67.3 Å². The molecule has 0 bridgehead atoms. The number of rotatable bonds is 4. The SMILES string of the molecule is Cc1nn(CC(O)CN2CCSC(C)C2C)c(C)c1N. The summed E-state index contributed by atoms with van der Waals surface area (Å²) >= 11 is 2.01. The van der Waals surface area contributed by atoms with Crippen molar-refractivity contribution in [3.63, 3.8) is 0 Å². The summed E-state index contributed by atoms with van der Waals surface area (Å²) in [6.45, 7) is 10.6. The molecule has 1 aromatic rings. The lowest BCUT2D eigenvalue weighted by Crippen LogP contribution is -2.48. The van der Waals surface area contributed by atoms with Gasteiger partial charge in [-0.2, -0.15) is 16.9 Å². The first-order chi connectivity index (χ1) is 9.40. The first kappa shape index (κ1) is 15.7. The van der Waals surface area contributed by atoms with Crippen molar-refractivity contribution >= 4 is 17.4 Å². The third-order valence-electron chi connectivity index (χ3n) is 4.28. The lowest BCUT2D eigenvalue weighted by molar-refractivity contribution is 0.0778. The number of nitrogens with two attached hydrogens (primary N) is 1. The fourth-order valence-corrected chi connectivity index (χ4v) is 3.83. The second-order valence-electron chi connectivity index (χ2n) is 5.73. The third kappa shape index (κ3) is 3.30. The Kier molecular flexibility index (Phi) is 4.99. The molecule has 0 amide bonds. The minimum Gasteiger partial charge on any atom is -0.396 e. The highest BCUT2D eigenvalue weighted by Crippen LogP contribution is 2.24. The Morgan fingerprint density at radius 2 is 2.10 bits per heavy atom. The Labute approximate surface area is 125 Å². The lowest BCUT2D eigenvalue weighted by Gasteiger charge is -2.38. The standard InChI is InChI=1S/C14H26N4OS/c1-9-14(15)11(3)18(16-9)8-13(19)7-17-5-6-20-12(4)10(17)2/h10,12-13,19H,5-8,15H2,1-4H3. The van der Waals surface area contributed by atoms with E-state index in [0.717, 1.165) is 29.4 Å². The molecule has 3 atom stereocenters. The molecule has 1 aromatic heterocycles. The number of β-amino-alcohol motifs (C(OH)–C–C–N with tert-alkyl or cyclic N) is 1. The summed E-state index contributed by atoms with van der Waals surface area (Å²) < 4.78 is 1.82. The van der Waals surface area contributed by atoms with Crippen LogP contribution in [0.4, 0.5) is 5.69 Å². The molecule has 20 heavy (non-hydrogen) atoms. The molecule has 2 heterocycles. The monoisotopic (exact) mass is 298 g/mol. The number of nitrogens with zero attached hydrogens (tertiary/aromatic N) is 3. The first-order valence-electron chi connectivity index (χ1n) is 7.23. The van der Waals surface area contributed by atoms with Crippen molar-refractivity contribution in [3.8, 4) is 0 Å². The molecule has 6 heteroatoms. The Balaban J connectivity index is 1.95. The van der Waals surface area contributed by atoms with Crippen molar-refractivity contribution in [3.05, 3.63) is 11.4 Å². The molecule has 2 rings (SSSR count). The van der Waals surface area contributed by atoms with Crippen molar-refractivity contribution in [2.45, 2.75) is 51.6 Å². The van der Waals surface area contributed by atoms with E-state index in [1.807, 2.05) is 30.3 Å². The summed E-state index contributed by atoms with van der Waals surface area (Å²) in [5, 5.41) is 15.3. The average Bonchev–Trinajstić information content (AvgIpc) is 2.63. The number of nitrogen functional groups attached to an aromatic ring is 1. The van der Waals surface area contributed by atoms with Crippen LogP contribution in [0.1, 0.15) is 25.2 Å². The number of hydrogen-bond acceptors (Lipinski definition) is 5. The molecule has 0 radical (unpaired) electrons. The molecule has 3 N–H and O–H groups in total. The predicted molar refractivity (Wildman–Crippen MR) is 85.1 cm³/mol. The summed E-state index contributed by atoms with van der Waals surface area (Å²) in [4.78, 5) is 2.38. The van der Waals surface area contributed by atoms with Gasteiger partial charge in [0.05, 0.1) is 29.7 Å². The highest BCUT2D eigenvalue weighted by atomic mass is 32.2. The van der Waals surface area contributed by atoms with Gasteiger partial charge in [-0.25, -0.2) is 0 Å². The number of aromatic nitrogens is 2. The highest BCUT2D eigenvalue weighted by molar-refractivity contribution is 8.00. The Bertz CT molecular complexity index is 462. The molecule has 0 spiro atoms. The van der Waals surface area contributed by atoms with Crippen molar-refractivity contribution in [1.82, 2.24) is 14.7 Å². The fourth-order valence-electron chi connectivity index (χ4n) is 2.67. The van der Waals surface area contributed by atoms with Crippen LogP contribution in [0.2, 0.25) is 0 Å². The van der Waals surface area contributed by atoms with E-state index < -0.39 is 6.10 Å². The van der Waals surface area contributed by atoms with Gasteiger partial charge in [0.1, 0.15) is 0 Å². The zero-order chi connectivity index (χ0) is 14.9. The van der Waals surface area contributed by atoms with Crippen LogP contribution < -0.4 is 5.73 Å². The average molecular weight is 298 g/mol. The smallest absolute Gasteiger partial charge is 0.0862 e. The summed E-state index contributed by atoms with van der Waals surface area (Å²) in [6, 6.07) is 0.508. The number of hydrogen-bond donors (Lipinski definition) is 2. The lowest BCUT2D eigenvalue weighted by atomic mass is 10.2. The van der Waals surface area contributed by atoms with Crippen LogP contribution in [0.15, 0.2) is 0 Å². The van der Waals surface area contributed by atoms with Crippen molar-refractivity contribution < 1.29 is 5.11 Å². The molecule has 1 aliphatic rings. The number of aryl methyl sites for hydroxylation is 1. The zero-order valence-electron chi connectivity index (χ0n) is 12.8. The summed E-state index contributed by atoms with van der Waals surface area (Å²) in [6.07, 6.45) is -0.412. The van der Waals surface area contributed by atoms with Crippen LogP contribution >= 0.6 is 11.8 Å². The van der Waals surface area contributed by atoms with Gasteiger partial charge in [-0.15, -0.1) is 0 Å². The van der Waals surface area contributed by atoms with Gasteiger partial charge < -0.3 is 10.8 Å². The zero-order valence-corrected chi connectivity index (χ0v) is 13.7. The summed E-state index contributed by atoms with van der Waals surface area (Å²) in [7, 11) is 0. The van der Waals surface area contributed by atoms with Crippen LogP contribution in [0.5, 0.6) is 0 Å². The minimum atomic E-state index is -0.412. The molecule has 5 nitrogen and oxygen atoms in total. The molecule has 0 aromatic carbocycles. The second-order valence-corrected chi connectivity index (χ2v) is 7.22. The molecule has 1 aliphatic heterocycles. The minimum absolute atomic E-state index is 0.412. The second kappa shape index (κ2) is 6.37. The number of anilines is 1. The Morgan fingerprint density at radius 1 is 1.40 bits per heavy atom. The summed E-state index contributed by atoms with van der Waals surface area (Å²) in [5.74, 6) is 1.14. The third-order valence-corrected chi connectivity index (χ3v) is 5.62. The molecule has 114 valence electrons. The van der Waals surface area contributed by atoms with E-state index in [2.05, 4.69) is 23.8 Å². The maximum absolute atomic E-state index is 10.3. The van der Waals surface area contributed by atoms with Crippen molar-refractivity contribution in [2.24, 2.45) is 0 Å². The van der Waals surface area contributed by atoms with Crippen LogP contribution in [-0.4, -0.2) is 56.0 Å². The number of thioether (sulfide) groups is 1. The van der Waals surface area contributed by atoms with Gasteiger partial charge >= 0.3 is 0 Å². The van der Waals surface area contributed by atoms with Crippen molar-refractivity contribution in [2.75, 3.05) is 24.6 Å². The van der Waals surface area contributed by atoms with Gasteiger partial charge in [0, 0.05) is 30.1 Å².